The average Bonchev–Trinajstić information content (AvgIpc) is 2.79. The van der Waals surface area contributed by atoms with Gasteiger partial charge in [0.2, 0.25) is 0 Å². The summed E-state index contributed by atoms with van der Waals surface area (Å²) in [6.45, 7) is 4.02. The van der Waals surface area contributed by atoms with E-state index in [0.717, 1.165) is 11.3 Å². The van der Waals surface area contributed by atoms with Gasteiger partial charge in [-0.2, -0.15) is 0 Å². The number of rotatable bonds is 3. The van der Waals surface area contributed by atoms with E-state index in [1.54, 1.807) is 17.6 Å². The van der Waals surface area contributed by atoms with Crippen molar-refractivity contribution < 1.29 is 4.42 Å². The predicted molar refractivity (Wildman–Crippen MR) is 61.7 cm³/mol. The molecule has 1 unspecified atom stereocenters. The molecule has 3 nitrogen and oxygen atoms in total. The van der Waals surface area contributed by atoms with Crippen LogP contribution in [-0.4, -0.2) is 0 Å². The van der Waals surface area contributed by atoms with Crippen LogP contribution in [0.5, 0.6) is 0 Å². The summed E-state index contributed by atoms with van der Waals surface area (Å²) in [5, 5.41) is 2.07. The van der Waals surface area contributed by atoms with E-state index in [9.17, 15) is 0 Å². The lowest BCUT2D eigenvalue weighted by molar-refractivity contribution is 0.526. The van der Waals surface area contributed by atoms with Crippen LogP contribution in [0.1, 0.15) is 27.8 Å². The first-order valence-electron chi connectivity index (χ1n) is 4.77. The second kappa shape index (κ2) is 4.18. The Bertz CT molecular complexity index is 447. The molecule has 0 fully saturated rings. The molecule has 0 saturated carbocycles. The van der Waals surface area contributed by atoms with Gasteiger partial charge in [-0.05, 0) is 36.9 Å². The van der Waals surface area contributed by atoms with E-state index in [1.165, 1.54) is 10.4 Å². The Balaban J connectivity index is 2.36. The monoisotopic (exact) mass is 222 g/mol. The second-order valence-corrected chi connectivity index (χ2v) is 4.51. The van der Waals surface area contributed by atoms with E-state index in [1.807, 2.05) is 13.0 Å². The van der Waals surface area contributed by atoms with Gasteiger partial charge in [-0.1, -0.05) is 0 Å². The first kappa shape index (κ1) is 10.4. The molecule has 2 aromatic rings. The minimum Gasteiger partial charge on any atom is -0.469 e. The third-order valence-corrected chi connectivity index (χ3v) is 3.50. The molecule has 4 heteroatoms. The van der Waals surface area contributed by atoms with E-state index in [2.05, 4.69) is 23.8 Å². The van der Waals surface area contributed by atoms with Crippen LogP contribution in [0.25, 0.3) is 0 Å². The van der Waals surface area contributed by atoms with Crippen molar-refractivity contribution in [3.8, 4) is 0 Å². The van der Waals surface area contributed by atoms with Crippen molar-refractivity contribution in [2.45, 2.75) is 19.9 Å². The van der Waals surface area contributed by atoms with Crippen molar-refractivity contribution in [1.82, 2.24) is 5.43 Å². The van der Waals surface area contributed by atoms with Crippen molar-refractivity contribution in [3.05, 3.63) is 45.5 Å². The summed E-state index contributed by atoms with van der Waals surface area (Å²) in [4.78, 5) is 1.23. The van der Waals surface area contributed by atoms with Crippen LogP contribution < -0.4 is 11.3 Å². The summed E-state index contributed by atoms with van der Waals surface area (Å²) in [5.41, 5.74) is 5.15. The first-order chi connectivity index (χ1) is 7.22. The summed E-state index contributed by atoms with van der Waals surface area (Å²) < 4.78 is 5.29. The van der Waals surface area contributed by atoms with Crippen LogP contribution >= 0.6 is 11.3 Å². The average molecular weight is 222 g/mol. The third-order valence-electron chi connectivity index (χ3n) is 2.41. The number of hydrazine groups is 1. The Morgan fingerprint density at radius 2 is 2.27 bits per heavy atom. The summed E-state index contributed by atoms with van der Waals surface area (Å²) in [6, 6.07) is 4.13. The number of thiophene rings is 1. The smallest absolute Gasteiger partial charge is 0.101 e. The molecule has 0 aliphatic carbocycles. The SMILES string of the molecule is Cc1cc(C(NN)c2sccc2C)co1. The Morgan fingerprint density at radius 3 is 2.73 bits per heavy atom. The number of nitrogens with one attached hydrogen (secondary N) is 1. The molecule has 0 amide bonds. The zero-order chi connectivity index (χ0) is 10.8. The molecular weight excluding hydrogens is 208 g/mol. The third kappa shape index (κ3) is 1.97. The lowest BCUT2D eigenvalue weighted by Gasteiger charge is -2.13. The van der Waals surface area contributed by atoms with Crippen molar-refractivity contribution in [3.63, 3.8) is 0 Å². The van der Waals surface area contributed by atoms with Crippen molar-refractivity contribution in [2.24, 2.45) is 5.84 Å². The van der Waals surface area contributed by atoms with E-state index in [4.69, 9.17) is 10.3 Å². The number of hydrogen-bond donors (Lipinski definition) is 2. The Labute approximate surface area is 92.9 Å². The van der Waals surface area contributed by atoms with Gasteiger partial charge in [-0.25, -0.2) is 5.43 Å². The molecule has 0 saturated heterocycles. The molecule has 3 N–H and O–H groups in total. The number of nitrogens with two attached hydrogens (primary N) is 1. The van der Waals surface area contributed by atoms with Gasteiger partial charge in [-0.3, -0.25) is 5.84 Å². The van der Waals surface area contributed by atoms with Crippen molar-refractivity contribution in [2.75, 3.05) is 0 Å². The highest BCUT2D eigenvalue weighted by molar-refractivity contribution is 7.10. The van der Waals surface area contributed by atoms with Gasteiger partial charge in [0.25, 0.3) is 0 Å². The van der Waals surface area contributed by atoms with E-state index in [-0.39, 0.29) is 6.04 Å². The highest BCUT2D eigenvalue weighted by Gasteiger charge is 2.17. The zero-order valence-corrected chi connectivity index (χ0v) is 9.60. The molecule has 0 aliphatic rings. The molecule has 0 aliphatic heterocycles. The molecule has 0 spiro atoms. The molecule has 0 aromatic carbocycles. The molecule has 0 bridgehead atoms. The normalized spacial score (nSPS) is 13.0. The minimum atomic E-state index is 0.0300. The lowest BCUT2D eigenvalue weighted by Crippen LogP contribution is -2.28. The highest BCUT2D eigenvalue weighted by Crippen LogP contribution is 2.29. The fraction of sp³-hybridized carbons (Fsp3) is 0.273. The largest absolute Gasteiger partial charge is 0.469 e. The number of furan rings is 1. The molecule has 15 heavy (non-hydrogen) atoms. The van der Waals surface area contributed by atoms with Gasteiger partial charge >= 0.3 is 0 Å². The van der Waals surface area contributed by atoms with Crippen LogP contribution in [0.2, 0.25) is 0 Å². The lowest BCUT2D eigenvalue weighted by atomic mass is 10.1. The number of aryl methyl sites for hydroxylation is 2. The van der Waals surface area contributed by atoms with Crippen LogP contribution in [-0.2, 0) is 0 Å². The summed E-state index contributed by atoms with van der Waals surface area (Å²) in [5.74, 6) is 6.49. The molecule has 2 heterocycles. The van der Waals surface area contributed by atoms with Crippen molar-refractivity contribution >= 4 is 11.3 Å². The van der Waals surface area contributed by atoms with Gasteiger partial charge < -0.3 is 4.42 Å². The maximum absolute atomic E-state index is 5.59. The summed E-state index contributed by atoms with van der Waals surface area (Å²) in [7, 11) is 0. The first-order valence-corrected chi connectivity index (χ1v) is 5.65. The second-order valence-electron chi connectivity index (χ2n) is 3.56. The highest BCUT2D eigenvalue weighted by atomic mass is 32.1. The van der Waals surface area contributed by atoms with Gasteiger partial charge in [0.1, 0.15) is 5.76 Å². The fourth-order valence-electron chi connectivity index (χ4n) is 1.62. The van der Waals surface area contributed by atoms with Crippen LogP contribution in [0, 0.1) is 13.8 Å². The van der Waals surface area contributed by atoms with Gasteiger partial charge in [0.05, 0.1) is 12.3 Å². The van der Waals surface area contributed by atoms with Crippen LogP contribution in [0.3, 0.4) is 0 Å². The van der Waals surface area contributed by atoms with Crippen molar-refractivity contribution in [1.29, 1.82) is 0 Å². The Kier molecular flexibility index (Phi) is 2.90. The molecule has 2 rings (SSSR count). The Morgan fingerprint density at radius 1 is 1.47 bits per heavy atom. The van der Waals surface area contributed by atoms with E-state index in [0.29, 0.717) is 0 Å². The maximum Gasteiger partial charge on any atom is 0.101 e. The molecule has 80 valence electrons. The number of hydrogen-bond acceptors (Lipinski definition) is 4. The molecular formula is C11H14N2OS. The van der Waals surface area contributed by atoms with Gasteiger partial charge in [0.15, 0.2) is 0 Å². The summed E-state index contributed by atoms with van der Waals surface area (Å²) in [6.07, 6.45) is 1.75. The molecule has 0 radical (unpaired) electrons. The van der Waals surface area contributed by atoms with Gasteiger partial charge in [-0.15, -0.1) is 11.3 Å². The van der Waals surface area contributed by atoms with Gasteiger partial charge in [0, 0.05) is 10.4 Å². The van der Waals surface area contributed by atoms with E-state index >= 15 is 0 Å². The topological polar surface area (TPSA) is 51.2 Å². The molecule has 1 atom stereocenters. The minimum absolute atomic E-state index is 0.0300. The molecule has 2 aromatic heterocycles. The standard InChI is InChI=1S/C11H14N2OS/c1-7-3-4-15-11(7)10(13-12)9-5-8(2)14-6-9/h3-6,10,13H,12H2,1-2H3. The summed E-state index contributed by atoms with van der Waals surface area (Å²) >= 11 is 1.70. The van der Waals surface area contributed by atoms with E-state index < -0.39 is 0 Å². The quantitative estimate of drug-likeness (QED) is 0.619. The fourth-order valence-corrected chi connectivity index (χ4v) is 2.63. The van der Waals surface area contributed by atoms with Crippen LogP contribution in [0.4, 0.5) is 0 Å². The Hall–Kier alpha value is -1.10. The van der Waals surface area contributed by atoms with Crippen LogP contribution in [0.15, 0.2) is 28.2 Å². The predicted octanol–water partition coefficient (Wildman–Crippen LogP) is 2.51. The maximum atomic E-state index is 5.59. The zero-order valence-electron chi connectivity index (χ0n) is 8.78.